The van der Waals surface area contributed by atoms with E-state index in [2.05, 4.69) is 0 Å². The zero-order chi connectivity index (χ0) is 12.5. The summed E-state index contributed by atoms with van der Waals surface area (Å²) in [5.74, 6) is -0.945. The lowest BCUT2D eigenvalue weighted by atomic mass is 10.1. The molecule has 0 aromatic heterocycles. The van der Waals surface area contributed by atoms with Crippen molar-refractivity contribution in [1.29, 1.82) is 0 Å². The molecule has 0 amide bonds. The van der Waals surface area contributed by atoms with Gasteiger partial charge in [0.25, 0.3) is 0 Å². The van der Waals surface area contributed by atoms with Crippen LogP contribution in [-0.2, 0) is 6.18 Å². The van der Waals surface area contributed by atoms with Crippen molar-refractivity contribution in [3.63, 3.8) is 0 Å². The fraction of sp³-hybridized carbons (Fsp3) is 0.364. The highest BCUT2D eigenvalue weighted by Gasteiger charge is 2.33. The van der Waals surface area contributed by atoms with Crippen molar-refractivity contribution in [3.8, 4) is 5.75 Å². The van der Waals surface area contributed by atoms with Crippen LogP contribution in [0.4, 0.5) is 13.2 Å². The lowest BCUT2D eigenvalue weighted by Gasteiger charge is -2.02. The molecule has 0 aliphatic carbocycles. The predicted molar refractivity (Wildman–Crippen MR) is 53.5 cm³/mol. The molecule has 5 heteroatoms. The highest BCUT2D eigenvalue weighted by molar-refractivity contribution is 5.33. The number of hydrogen-bond donors (Lipinski definition) is 1. The number of hydrogen-bond acceptors (Lipinski definition) is 2. The summed E-state index contributed by atoms with van der Waals surface area (Å²) >= 11 is 0. The molecular weight excluding hydrogens is 221 g/mol. The number of rotatable bonds is 1. The second-order valence-corrected chi connectivity index (χ2v) is 3.76. The zero-order valence-corrected chi connectivity index (χ0v) is 8.80. The Kier molecular flexibility index (Phi) is 3.26. The maximum atomic E-state index is 12.4. The molecule has 1 aromatic rings. The summed E-state index contributed by atoms with van der Waals surface area (Å²) in [5.41, 5.74) is -2.26. The molecule has 16 heavy (non-hydrogen) atoms. The first-order valence-electron chi connectivity index (χ1n) is 4.68. The molecule has 0 bridgehead atoms. The summed E-state index contributed by atoms with van der Waals surface area (Å²) in [7, 11) is 0. The fourth-order valence-corrected chi connectivity index (χ4v) is 1.25. The monoisotopic (exact) mass is 232 g/mol. The van der Waals surface area contributed by atoms with Crippen molar-refractivity contribution < 1.29 is 18.3 Å². The van der Waals surface area contributed by atoms with Gasteiger partial charge in [-0.25, -0.2) is 0 Å². The van der Waals surface area contributed by atoms with Crippen LogP contribution >= 0.6 is 0 Å². The summed E-state index contributed by atoms with van der Waals surface area (Å²) < 4.78 is 37.3. The van der Waals surface area contributed by atoms with Crippen molar-refractivity contribution in [2.24, 2.45) is 0 Å². The maximum absolute atomic E-state index is 12.4. The van der Waals surface area contributed by atoms with Gasteiger partial charge in [0.2, 0.25) is 5.43 Å². The van der Waals surface area contributed by atoms with Crippen LogP contribution < -0.4 is 5.43 Å². The van der Waals surface area contributed by atoms with Gasteiger partial charge >= 0.3 is 6.18 Å². The minimum atomic E-state index is -4.75. The van der Waals surface area contributed by atoms with E-state index in [0.717, 1.165) is 6.07 Å². The Bertz CT molecular complexity index is 450. The molecule has 0 fully saturated rings. The van der Waals surface area contributed by atoms with Gasteiger partial charge in [0.1, 0.15) is 5.56 Å². The number of halogens is 3. The van der Waals surface area contributed by atoms with Crippen LogP contribution in [0, 0.1) is 0 Å². The van der Waals surface area contributed by atoms with E-state index in [4.69, 9.17) is 0 Å². The SMILES string of the molecule is CC(C)c1ccc(C(F)(F)F)c(=O)c(O)c1. The van der Waals surface area contributed by atoms with Crippen molar-refractivity contribution in [2.45, 2.75) is 25.9 Å². The Hall–Kier alpha value is -1.52. The van der Waals surface area contributed by atoms with Gasteiger partial charge in [-0.15, -0.1) is 0 Å². The summed E-state index contributed by atoms with van der Waals surface area (Å²) in [6.07, 6.45) is -4.75. The highest BCUT2D eigenvalue weighted by atomic mass is 19.4. The molecule has 0 atom stereocenters. The Labute approximate surface area is 90.4 Å². The normalized spacial score (nSPS) is 11.9. The smallest absolute Gasteiger partial charge is 0.420 e. The van der Waals surface area contributed by atoms with Crippen molar-refractivity contribution in [2.75, 3.05) is 0 Å². The lowest BCUT2D eigenvalue weighted by molar-refractivity contribution is -0.138. The Morgan fingerprint density at radius 2 is 1.81 bits per heavy atom. The summed E-state index contributed by atoms with van der Waals surface area (Å²) in [6, 6.07) is 2.98. The molecule has 1 aromatic carbocycles. The molecule has 0 radical (unpaired) electrons. The van der Waals surface area contributed by atoms with E-state index in [1.54, 1.807) is 13.8 Å². The van der Waals surface area contributed by atoms with E-state index in [1.165, 1.54) is 6.07 Å². The van der Waals surface area contributed by atoms with E-state index in [9.17, 15) is 23.1 Å². The quantitative estimate of drug-likeness (QED) is 0.808. The average Bonchev–Trinajstić information content (AvgIpc) is 2.26. The Morgan fingerprint density at radius 3 is 2.25 bits per heavy atom. The average molecular weight is 232 g/mol. The molecule has 1 N–H and O–H groups in total. The molecular formula is C11H11F3O2. The van der Waals surface area contributed by atoms with Crippen LogP contribution in [0.1, 0.15) is 30.9 Å². The third-order valence-corrected chi connectivity index (χ3v) is 2.20. The van der Waals surface area contributed by atoms with Crippen LogP contribution in [-0.4, -0.2) is 5.11 Å². The lowest BCUT2D eigenvalue weighted by Crippen LogP contribution is -2.16. The molecule has 0 aliphatic heterocycles. The first-order chi connectivity index (χ1) is 7.23. The summed E-state index contributed by atoms with van der Waals surface area (Å²) in [6.45, 7) is 3.51. The number of aromatic hydroxyl groups is 1. The predicted octanol–water partition coefficient (Wildman–Crippen LogP) is 2.89. The fourth-order valence-electron chi connectivity index (χ4n) is 1.25. The van der Waals surface area contributed by atoms with E-state index in [-0.39, 0.29) is 5.92 Å². The molecule has 0 saturated carbocycles. The van der Waals surface area contributed by atoms with Gasteiger partial charge in [-0.1, -0.05) is 19.9 Å². The highest BCUT2D eigenvalue weighted by Crippen LogP contribution is 2.28. The van der Waals surface area contributed by atoms with Crippen LogP contribution in [0.2, 0.25) is 0 Å². The Balaban J connectivity index is 3.53. The van der Waals surface area contributed by atoms with Gasteiger partial charge in [-0.2, -0.15) is 13.2 Å². The van der Waals surface area contributed by atoms with Gasteiger partial charge in [0.15, 0.2) is 5.75 Å². The second kappa shape index (κ2) is 4.15. The maximum Gasteiger partial charge on any atom is 0.420 e. The van der Waals surface area contributed by atoms with E-state index in [1.807, 2.05) is 0 Å². The van der Waals surface area contributed by atoms with Gasteiger partial charge in [0.05, 0.1) is 0 Å². The van der Waals surface area contributed by atoms with Crippen molar-refractivity contribution >= 4 is 0 Å². The molecule has 0 spiro atoms. The molecule has 88 valence electrons. The zero-order valence-electron chi connectivity index (χ0n) is 8.80. The molecule has 1 rings (SSSR count). The molecule has 0 unspecified atom stereocenters. The first-order valence-corrected chi connectivity index (χ1v) is 4.68. The van der Waals surface area contributed by atoms with Crippen molar-refractivity contribution in [3.05, 3.63) is 39.5 Å². The molecule has 0 heterocycles. The van der Waals surface area contributed by atoms with E-state index < -0.39 is 22.9 Å². The Morgan fingerprint density at radius 1 is 1.25 bits per heavy atom. The van der Waals surface area contributed by atoms with Gasteiger partial charge in [0, 0.05) is 0 Å². The first kappa shape index (κ1) is 12.5. The minimum Gasteiger partial charge on any atom is -0.504 e. The standard InChI is InChI=1S/C11H11F3O2/c1-6(2)7-3-4-8(11(12,13)14)10(16)9(15)5-7/h3-6H,1-2H3,(H,15,16). The topological polar surface area (TPSA) is 37.3 Å². The minimum absolute atomic E-state index is 0.0706. The molecule has 2 nitrogen and oxygen atoms in total. The van der Waals surface area contributed by atoms with Crippen LogP contribution in [0.5, 0.6) is 5.75 Å². The van der Waals surface area contributed by atoms with E-state index in [0.29, 0.717) is 11.6 Å². The largest absolute Gasteiger partial charge is 0.504 e. The van der Waals surface area contributed by atoms with Crippen LogP contribution in [0.25, 0.3) is 0 Å². The van der Waals surface area contributed by atoms with Gasteiger partial charge < -0.3 is 5.11 Å². The summed E-state index contributed by atoms with van der Waals surface area (Å²) in [5, 5.41) is 9.24. The third-order valence-electron chi connectivity index (χ3n) is 2.20. The van der Waals surface area contributed by atoms with E-state index >= 15 is 0 Å². The van der Waals surface area contributed by atoms with Crippen LogP contribution in [0.3, 0.4) is 0 Å². The molecule has 0 saturated heterocycles. The van der Waals surface area contributed by atoms with Gasteiger partial charge in [-0.3, -0.25) is 4.79 Å². The summed E-state index contributed by atoms with van der Waals surface area (Å²) in [4.78, 5) is 11.2. The molecule has 0 aliphatic rings. The third kappa shape index (κ3) is 2.53. The van der Waals surface area contributed by atoms with Crippen molar-refractivity contribution in [1.82, 2.24) is 0 Å². The van der Waals surface area contributed by atoms with Gasteiger partial charge in [-0.05, 0) is 23.6 Å². The second-order valence-electron chi connectivity index (χ2n) is 3.76. The number of alkyl halides is 3. The van der Waals surface area contributed by atoms with Crippen LogP contribution in [0.15, 0.2) is 23.0 Å².